The monoisotopic (exact) mass is 592 g/mol. The molecule has 218 valence electrons. The number of aliphatic hydroxyl groups is 1. The second-order valence-electron chi connectivity index (χ2n) is 10.2. The van der Waals surface area contributed by atoms with Gasteiger partial charge in [0.1, 0.15) is 0 Å². The predicted molar refractivity (Wildman–Crippen MR) is 168 cm³/mol. The van der Waals surface area contributed by atoms with Crippen LogP contribution in [0.1, 0.15) is 67.7 Å². The zero-order valence-electron chi connectivity index (χ0n) is 23.6. The van der Waals surface area contributed by atoms with Gasteiger partial charge in [0, 0.05) is 41.1 Å². The first-order valence-corrected chi connectivity index (χ1v) is 16.8. The van der Waals surface area contributed by atoms with Crippen LogP contribution >= 0.6 is 11.3 Å². The van der Waals surface area contributed by atoms with Gasteiger partial charge in [-0.2, -0.15) is 0 Å². The van der Waals surface area contributed by atoms with Crippen LogP contribution in [0.2, 0.25) is 0 Å². The molecule has 41 heavy (non-hydrogen) atoms. The number of thiazole rings is 1. The van der Waals surface area contributed by atoms with Crippen molar-refractivity contribution in [2.75, 3.05) is 17.8 Å². The number of hydrogen-bond acceptors (Lipinski definition) is 7. The van der Waals surface area contributed by atoms with E-state index in [0.717, 1.165) is 46.7 Å². The molecule has 4 aromatic rings. The topological polar surface area (TPSA) is 104 Å². The van der Waals surface area contributed by atoms with Gasteiger partial charge >= 0.3 is 0 Å². The first-order valence-electron chi connectivity index (χ1n) is 14.4. The largest absolute Gasteiger partial charge is 0.387 e. The summed E-state index contributed by atoms with van der Waals surface area (Å²) in [6.45, 7) is 3.36. The zero-order chi connectivity index (χ0) is 28.9. The quantitative estimate of drug-likeness (QED) is 0.117. The summed E-state index contributed by atoms with van der Waals surface area (Å²) in [6.07, 6.45) is 12.1. The number of pyridine rings is 1. The summed E-state index contributed by atoms with van der Waals surface area (Å²) < 4.78 is 28.6. The van der Waals surface area contributed by atoms with Crippen molar-refractivity contribution in [1.82, 2.24) is 15.3 Å². The summed E-state index contributed by atoms with van der Waals surface area (Å²) in [4.78, 5) is 9.01. The minimum absolute atomic E-state index is 0.212. The van der Waals surface area contributed by atoms with E-state index in [4.69, 9.17) is 4.98 Å². The standard InChI is InChI=1S/C32H40N4O3S2/c1-2-3-4-5-6-7-10-32-35-30(24-40-32)26-13-17-29(18-14-26)41(38,39)36-28-15-11-25(12-16-28)19-21-34-23-31(37)27-9-8-20-33-22-27/h8-9,11-18,20,22,24,31,34,36-37H,2-7,10,19,21,23H2,1H3. The van der Waals surface area contributed by atoms with E-state index < -0.39 is 16.1 Å². The van der Waals surface area contributed by atoms with Crippen LogP contribution in [0.25, 0.3) is 11.3 Å². The third-order valence-corrected chi connectivity index (χ3v) is 9.27. The SMILES string of the molecule is CCCCCCCCc1nc(-c2ccc(S(=O)(=O)Nc3ccc(CCNCC(O)c4cccnc4)cc3)cc2)cs1. The molecule has 9 heteroatoms. The summed E-state index contributed by atoms with van der Waals surface area (Å²) in [5.41, 5.74) is 4.17. The van der Waals surface area contributed by atoms with E-state index in [9.17, 15) is 13.5 Å². The smallest absolute Gasteiger partial charge is 0.261 e. The Morgan fingerprint density at radius 2 is 1.68 bits per heavy atom. The first kappa shape index (κ1) is 30.8. The molecule has 1 unspecified atom stereocenters. The Hall–Kier alpha value is -3.11. The molecule has 0 spiro atoms. The molecule has 0 amide bonds. The molecule has 4 rings (SSSR count). The maximum absolute atomic E-state index is 13.0. The Morgan fingerprint density at radius 1 is 0.927 bits per heavy atom. The van der Waals surface area contributed by atoms with E-state index in [-0.39, 0.29) is 4.90 Å². The van der Waals surface area contributed by atoms with Gasteiger partial charge in [0.2, 0.25) is 0 Å². The molecular weight excluding hydrogens is 553 g/mol. The summed E-state index contributed by atoms with van der Waals surface area (Å²) >= 11 is 1.67. The summed E-state index contributed by atoms with van der Waals surface area (Å²) in [5, 5.41) is 16.6. The van der Waals surface area contributed by atoms with E-state index >= 15 is 0 Å². The molecule has 7 nitrogen and oxygen atoms in total. The van der Waals surface area contributed by atoms with Crippen LogP contribution in [0.15, 0.2) is 83.3 Å². The summed E-state index contributed by atoms with van der Waals surface area (Å²) in [5.74, 6) is 0. The highest BCUT2D eigenvalue weighted by molar-refractivity contribution is 7.92. The predicted octanol–water partition coefficient (Wildman–Crippen LogP) is 6.77. The number of sulfonamides is 1. The van der Waals surface area contributed by atoms with Gasteiger partial charge < -0.3 is 10.4 Å². The van der Waals surface area contributed by atoms with Crippen molar-refractivity contribution in [1.29, 1.82) is 0 Å². The average Bonchev–Trinajstić information content (AvgIpc) is 3.47. The van der Waals surface area contributed by atoms with Crippen molar-refractivity contribution < 1.29 is 13.5 Å². The van der Waals surface area contributed by atoms with E-state index in [2.05, 4.69) is 21.9 Å². The Labute approximate surface area is 248 Å². The molecule has 0 radical (unpaired) electrons. The number of aliphatic hydroxyl groups excluding tert-OH is 1. The minimum atomic E-state index is -3.71. The van der Waals surface area contributed by atoms with E-state index in [1.165, 1.54) is 32.1 Å². The molecular formula is C32H40N4O3S2. The Morgan fingerprint density at radius 3 is 2.41 bits per heavy atom. The molecule has 0 aliphatic rings. The van der Waals surface area contributed by atoms with Crippen molar-refractivity contribution >= 4 is 27.0 Å². The summed E-state index contributed by atoms with van der Waals surface area (Å²) in [6, 6.07) is 17.9. The molecule has 1 atom stereocenters. The maximum atomic E-state index is 13.0. The van der Waals surface area contributed by atoms with Crippen LogP contribution < -0.4 is 10.0 Å². The number of hydrogen-bond donors (Lipinski definition) is 3. The molecule has 0 saturated heterocycles. The number of nitrogens with zero attached hydrogens (tertiary/aromatic N) is 2. The number of anilines is 1. The molecule has 2 aromatic heterocycles. The van der Waals surface area contributed by atoms with Gasteiger partial charge in [-0.05, 0) is 61.7 Å². The Bertz CT molecular complexity index is 1420. The van der Waals surface area contributed by atoms with Crippen LogP contribution in [-0.2, 0) is 22.9 Å². The lowest BCUT2D eigenvalue weighted by atomic mass is 10.1. The number of nitrogens with one attached hydrogen (secondary N) is 2. The van der Waals surface area contributed by atoms with Gasteiger partial charge in [-0.15, -0.1) is 11.3 Å². The molecule has 0 saturated carbocycles. The average molecular weight is 593 g/mol. The van der Waals surface area contributed by atoms with Crippen molar-refractivity contribution in [2.24, 2.45) is 0 Å². The van der Waals surface area contributed by atoms with Crippen LogP contribution in [-0.4, -0.2) is 36.6 Å². The van der Waals surface area contributed by atoms with Gasteiger partial charge in [0.15, 0.2) is 0 Å². The lowest BCUT2D eigenvalue weighted by Crippen LogP contribution is -2.23. The number of aryl methyl sites for hydroxylation is 1. The van der Waals surface area contributed by atoms with Crippen LogP contribution in [0.4, 0.5) is 5.69 Å². The third kappa shape index (κ3) is 9.74. The van der Waals surface area contributed by atoms with Crippen molar-refractivity contribution in [3.8, 4) is 11.3 Å². The van der Waals surface area contributed by atoms with Gasteiger partial charge in [0.25, 0.3) is 10.0 Å². The second kappa shape index (κ2) is 15.8. The van der Waals surface area contributed by atoms with Gasteiger partial charge in [-0.1, -0.05) is 69.4 Å². The van der Waals surface area contributed by atoms with E-state index in [1.807, 2.05) is 35.7 Å². The Balaban J connectivity index is 1.23. The molecule has 3 N–H and O–H groups in total. The van der Waals surface area contributed by atoms with Crippen molar-refractivity contribution in [3.63, 3.8) is 0 Å². The molecule has 0 bridgehead atoms. The van der Waals surface area contributed by atoms with Crippen LogP contribution in [0, 0.1) is 0 Å². The van der Waals surface area contributed by atoms with Crippen molar-refractivity contribution in [2.45, 2.75) is 69.3 Å². The molecule has 0 fully saturated rings. The van der Waals surface area contributed by atoms with E-state index in [1.54, 1.807) is 54.1 Å². The third-order valence-electron chi connectivity index (χ3n) is 6.96. The maximum Gasteiger partial charge on any atom is 0.261 e. The number of unbranched alkanes of at least 4 members (excludes halogenated alkanes) is 5. The second-order valence-corrected chi connectivity index (χ2v) is 12.9. The van der Waals surface area contributed by atoms with Gasteiger partial charge in [-0.25, -0.2) is 13.4 Å². The molecule has 0 aliphatic heterocycles. The molecule has 2 aromatic carbocycles. The molecule has 2 heterocycles. The lowest BCUT2D eigenvalue weighted by molar-refractivity contribution is 0.174. The number of rotatable bonds is 17. The molecule has 0 aliphatic carbocycles. The Kier molecular flexibility index (Phi) is 11.9. The van der Waals surface area contributed by atoms with Gasteiger partial charge in [-0.3, -0.25) is 9.71 Å². The first-order chi connectivity index (χ1) is 19.9. The number of aromatic nitrogens is 2. The summed E-state index contributed by atoms with van der Waals surface area (Å²) in [7, 11) is -3.71. The highest BCUT2D eigenvalue weighted by Crippen LogP contribution is 2.25. The van der Waals surface area contributed by atoms with Crippen LogP contribution in [0.3, 0.4) is 0 Å². The van der Waals surface area contributed by atoms with Crippen LogP contribution in [0.5, 0.6) is 0 Å². The number of benzene rings is 2. The fourth-order valence-electron chi connectivity index (χ4n) is 4.54. The highest BCUT2D eigenvalue weighted by Gasteiger charge is 2.15. The minimum Gasteiger partial charge on any atom is -0.387 e. The lowest BCUT2D eigenvalue weighted by Gasteiger charge is -2.12. The fraction of sp³-hybridized carbons (Fsp3) is 0.375. The normalized spacial score (nSPS) is 12.3. The zero-order valence-corrected chi connectivity index (χ0v) is 25.3. The van der Waals surface area contributed by atoms with Crippen molar-refractivity contribution in [3.05, 3.63) is 94.6 Å². The van der Waals surface area contributed by atoms with Gasteiger partial charge in [0.05, 0.1) is 21.7 Å². The highest BCUT2D eigenvalue weighted by atomic mass is 32.2. The fourth-order valence-corrected chi connectivity index (χ4v) is 6.44. The van der Waals surface area contributed by atoms with E-state index in [0.29, 0.717) is 18.8 Å².